The zero-order chi connectivity index (χ0) is 9.78. The molecule has 0 radical (unpaired) electrons. The van der Waals surface area contributed by atoms with Gasteiger partial charge >= 0.3 is 33.0 Å². The van der Waals surface area contributed by atoms with Crippen LogP contribution < -0.4 is 0 Å². The summed E-state index contributed by atoms with van der Waals surface area (Å²) in [6.45, 7) is 0. The average molecular weight is 385 g/mol. The summed E-state index contributed by atoms with van der Waals surface area (Å²) in [5.74, 6) is -2.41. The standard InChI is InChI=1S/C6H8O4.CH4N.H2N.Pt/c7-4(8)6(5(9)10)2-1-3-6;1-2;;/h1-3H2,(H,7,8)(H,9,10);2H,1H3;1H2;/q;2*-1;+2. The van der Waals surface area contributed by atoms with E-state index < -0.39 is 17.4 Å². The smallest absolute Gasteiger partial charge is 0.693 e. The van der Waals surface area contributed by atoms with Crippen molar-refractivity contribution in [1.82, 2.24) is 0 Å². The van der Waals surface area contributed by atoms with Gasteiger partial charge in [-0.2, -0.15) is 7.05 Å². The summed E-state index contributed by atoms with van der Waals surface area (Å²) in [5.41, 5.74) is 4.31. The molecule has 0 amide bonds. The zero-order valence-electron chi connectivity index (χ0n) is 7.73. The Morgan fingerprint density at radius 2 is 1.43 bits per heavy atom. The van der Waals surface area contributed by atoms with Crippen LogP contribution in [-0.2, 0) is 30.7 Å². The predicted octanol–water partition coefficient (Wildman–Crippen LogP) is 1.71. The summed E-state index contributed by atoms with van der Waals surface area (Å²) in [7, 11) is 1.25. The van der Waals surface area contributed by atoms with E-state index in [2.05, 4.69) is 0 Å². The minimum atomic E-state index is -1.44. The van der Waals surface area contributed by atoms with E-state index in [0.29, 0.717) is 6.42 Å². The fraction of sp³-hybridized carbons (Fsp3) is 0.714. The maximum absolute atomic E-state index is 10.4. The minimum Gasteiger partial charge on any atom is -0.693 e. The Morgan fingerprint density at radius 3 is 1.43 bits per heavy atom. The van der Waals surface area contributed by atoms with Gasteiger partial charge in [0.15, 0.2) is 5.41 Å². The SMILES string of the molecule is C[NH-].O=C(O)C1(C(=O)O)CCC1.[NH2-].[Pt+2]. The van der Waals surface area contributed by atoms with Gasteiger partial charge < -0.3 is 22.1 Å². The Kier molecular flexibility index (Phi) is 10.8. The van der Waals surface area contributed by atoms with E-state index >= 15 is 0 Å². The maximum Gasteiger partial charge on any atom is 2.00 e. The average Bonchev–Trinajstić information content (AvgIpc) is 1.87. The van der Waals surface area contributed by atoms with Crippen molar-refractivity contribution in [3.63, 3.8) is 0 Å². The van der Waals surface area contributed by atoms with Gasteiger partial charge in [0, 0.05) is 0 Å². The van der Waals surface area contributed by atoms with Crippen molar-refractivity contribution >= 4 is 11.9 Å². The molecule has 0 saturated heterocycles. The molecule has 0 spiro atoms. The van der Waals surface area contributed by atoms with Crippen LogP contribution in [0, 0.1) is 5.41 Å². The van der Waals surface area contributed by atoms with E-state index in [9.17, 15) is 9.59 Å². The van der Waals surface area contributed by atoms with E-state index in [1.807, 2.05) is 0 Å². The topological polar surface area (TPSA) is 132 Å². The first-order chi connectivity index (χ1) is 5.59. The number of aliphatic carboxylic acids is 2. The van der Waals surface area contributed by atoms with Crippen LogP contribution in [0.1, 0.15) is 19.3 Å². The molecule has 1 saturated carbocycles. The number of carboxylic acids is 2. The van der Waals surface area contributed by atoms with Gasteiger partial charge in [0.2, 0.25) is 0 Å². The summed E-state index contributed by atoms with van der Waals surface area (Å²) in [6.07, 6.45) is 1.26. The van der Waals surface area contributed by atoms with Crippen LogP contribution in [0.25, 0.3) is 11.9 Å². The number of hydrogen-bond donors (Lipinski definition) is 2. The fourth-order valence-electron chi connectivity index (χ4n) is 1.05. The zero-order valence-corrected chi connectivity index (χ0v) is 10.00. The first-order valence-electron chi connectivity index (χ1n) is 3.56. The Labute approximate surface area is 96.7 Å². The molecule has 1 aliphatic rings. The van der Waals surface area contributed by atoms with E-state index in [0.717, 1.165) is 0 Å². The third-order valence-electron chi connectivity index (χ3n) is 2.03. The Hall–Kier alpha value is -0.452. The quantitative estimate of drug-likeness (QED) is 0.700. The van der Waals surface area contributed by atoms with Gasteiger partial charge in [0.25, 0.3) is 0 Å². The third kappa shape index (κ3) is 3.36. The molecule has 0 heterocycles. The van der Waals surface area contributed by atoms with E-state index in [1.165, 1.54) is 7.05 Å². The second-order valence-electron chi connectivity index (χ2n) is 2.55. The molecule has 6 nitrogen and oxygen atoms in total. The molecule has 0 bridgehead atoms. The van der Waals surface area contributed by atoms with Crippen molar-refractivity contribution in [2.24, 2.45) is 5.41 Å². The van der Waals surface area contributed by atoms with Gasteiger partial charge in [-0.05, 0) is 19.3 Å². The summed E-state index contributed by atoms with van der Waals surface area (Å²) >= 11 is 0. The van der Waals surface area contributed by atoms with Crippen molar-refractivity contribution in [3.05, 3.63) is 11.9 Å². The van der Waals surface area contributed by atoms with Crippen LogP contribution in [0.15, 0.2) is 0 Å². The molecule has 86 valence electrons. The van der Waals surface area contributed by atoms with Crippen molar-refractivity contribution in [3.8, 4) is 0 Å². The number of rotatable bonds is 2. The van der Waals surface area contributed by atoms with Crippen LogP contribution >= 0.6 is 0 Å². The molecule has 14 heavy (non-hydrogen) atoms. The Bertz CT molecular complexity index is 178. The molecule has 1 fully saturated rings. The molecule has 5 N–H and O–H groups in total. The predicted molar refractivity (Wildman–Crippen MR) is 47.1 cm³/mol. The van der Waals surface area contributed by atoms with Crippen LogP contribution in [0.5, 0.6) is 0 Å². The Balaban J connectivity index is -0.000000284. The largest absolute Gasteiger partial charge is 2.00 e. The monoisotopic (exact) mass is 385 g/mol. The fourth-order valence-corrected chi connectivity index (χ4v) is 1.05. The van der Waals surface area contributed by atoms with Crippen molar-refractivity contribution in [1.29, 1.82) is 0 Å². The van der Waals surface area contributed by atoms with Crippen LogP contribution in [0.4, 0.5) is 0 Å². The van der Waals surface area contributed by atoms with Crippen LogP contribution in [0.2, 0.25) is 0 Å². The molecular weight excluding hydrogens is 371 g/mol. The summed E-state index contributed by atoms with van der Waals surface area (Å²) < 4.78 is 0. The normalized spacial score (nSPS) is 15.6. The van der Waals surface area contributed by atoms with Crippen molar-refractivity contribution in [2.75, 3.05) is 7.05 Å². The maximum atomic E-state index is 10.4. The van der Waals surface area contributed by atoms with Gasteiger partial charge in [0.1, 0.15) is 0 Å². The Morgan fingerprint density at radius 1 is 1.14 bits per heavy atom. The second-order valence-corrected chi connectivity index (χ2v) is 2.55. The summed E-state index contributed by atoms with van der Waals surface area (Å²) in [4.78, 5) is 20.7. The van der Waals surface area contributed by atoms with Crippen LogP contribution in [0.3, 0.4) is 0 Å². The number of nitrogens with two attached hydrogens (primary N) is 1. The van der Waals surface area contributed by atoms with Crippen LogP contribution in [-0.4, -0.2) is 29.2 Å². The van der Waals surface area contributed by atoms with Gasteiger partial charge in [-0.1, -0.05) is 0 Å². The molecule has 0 aromatic carbocycles. The molecule has 0 aromatic rings. The number of carbonyl (C=O) groups is 2. The molecule has 1 aliphatic carbocycles. The van der Waals surface area contributed by atoms with E-state index in [-0.39, 0.29) is 40.1 Å². The number of nitrogens with one attached hydrogen (secondary N) is 1. The first-order valence-corrected chi connectivity index (χ1v) is 3.56. The second kappa shape index (κ2) is 7.91. The number of hydrogen-bond acceptors (Lipinski definition) is 2. The van der Waals surface area contributed by atoms with E-state index in [1.54, 1.807) is 0 Å². The molecule has 0 unspecified atom stereocenters. The van der Waals surface area contributed by atoms with Gasteiger partial charge in [-0.3, -0.25) is 9.59 Å². The first kappa shape index (κ1) is 19.2. The summed E-state index contributed by atoms with van der Waals surface area (Å²) in [6, 6.07) is 0. The van der Waals surface area contributed by atoms with E-state index in [4.69, 9.17) is 15.9 Å². The van der Waals surface area contributed by atoms with Crippen molar-refractivity contribution in [2.45, 2.75) is 19.3 Å². The minimum absolute atomic E-state index is 0. The molecule has 0 aromatic heterocycles. The van der Waals surface area contributed by atoms with Gasteiger partial charge in [0.05, 0.1) is 0 Å². The molecule has 7 heteroatoms. The molecule has 0 atom stereocenters. The molecule has 0 aliphatic heterocycles. The number of carboxylic acid groups (broad SMARTS) is 2. The van der Waals surface area contributed by atoms with Gasteiger partial charge in [-0.15, -0.1) is 0 Å². The van der Waals surface area contributed by atoms with Crippen molar-refractivity contribution < 1.29 is 40.9 Å². The molecular formula is C7H14N2O4Pt. The van der Waals surface area contributed by atoms with Gasteiger partial charge in [-0.25, -0.2) is 0 Å². The summed E-state index contributed by atoms with van der Waals surface area (Å²) in [5, 5.41) is 16.9. The third-order valence-corrected chi connectivity index (χ3v) is 2.03. The molecule has 1 rings (SSSR count).